The topological polar surface area (TPSA) is 38.7 Å². The second kappa shape index (κ2) is 14.0. The summed E-state index contributed by atoms with van der Waals surface area (Å²) in [7, 11) is 0. The number of fused-ring (bicyclic) bond motifs is 2. The average Bonchev–Trinajstić information content (AvgIpc) is 3.20. The van der Waals surface area contributed by atoms with E-state index in [1.54, 1.807) is 0 Å². The van der Waals surface area contributed by atoms with Crippen molar-refractivity contribution < 1.29 is 0 Å². The third kappa shape index (κ3) is 6.66. The molecule has 0 atom stereocenters. The van der Waals surface area contributed by atoms with Crippen molar-refractivity contribution >= 4 is 27.1 Å². The molecule has 0 bridgehead atoms. The zero-order valence-corrected chi connectivity index (χ0v) is 28.4. The molecule has 0 aliphatic carbocycles. The molecule has 3 nitrogen and oxygen atoms in total. The highest BCUT2D eigenvalue weighted by Crippen LogP contribution is 2.33. The summed E-state index contributed by atoms with van der Waals surface area (Å²) in [6.07, 6.45) is 11.9. The number of hydrogen-bond acceptors (Lipinski definition) is 3. The number of hydrogen-bond donors (Lipinski definition) is 0. The van der Waals surface area contributed by atoms with Crippen LogP contribution in [0.2, 0.25) is 0 Å². The van der Waals surface area contributed by atoms with Crippen LogP contribution < -0.4 is 0 Å². The fraction of sp³-hybridized carbons (Fsp3) is 0.0208. The lowest BCUT2D eigenvalue weighted by Crippen LogP contribution is -1.96. The Kier molecular flexibility index (Phi) is 8.68. The van der Waals surface area contributed by atoms with Crippen molar-refractivity contribution in [1.29, 1.82) is 0 Å². The maximum atomic E-state index is 5.13. The maximum absolute atomic E-state index is 5.13. The fourth-order valence-corrected chi connectivity index (χ4v) is 6.45. The molecule has 3 heteroatoms. The number of benzene rings is 6. The number of nitrogens with zero attached hydrogens (tertiary/aromatic N) is 3. The molecule has 0 spiro atoms. The number of aromatic nitrogens is 3. The number of pyridine rings is 1. The van der Waals surface area contributed by atoms with Gasteiger partial charge in [0, 0.05) is 40.0 Å². The van der Waals surface area contributed by atoms with E-state index in [1.165, 1.54) is 21.7 Å². The van der Waals surface area contributed by atoms with Crippen LogP contribution in [0.3, 0.4) is 0 Å². The van der Waals surface area contributed by atoms with Gasteiger partial charge in [-0.05, 0) is 63.0 Å². The minimum absolute atomic E-state index is 0.678. The maximum Gasteiger partial charge on any atom is 0.160 e. The average molecular weight is 654 g/mol. The molecule has 0 amide bonds. The second-order valence-electron chi connectivity index (χ2n) is 12.6. The van der Waals surface area contributed by atoms with Gasteiger partial charge in [-0.25, -0.2) is 9.97 Å². The summed E-state index contributed by atoms with van der Waals surface area (Å²) in [5.74, 6) is 0.678. The zero-order chi connectivity index (χ0) is 34.6. The predicted molar refractivity (Wildman–Crippen MR) is 215 cm³/mol. The second-order valence-corrected chi connectivity index (χ2v) is 12.6. The van der Waals surface area contributed by atoms with E-state index >= 15 is 0 Å². The summed E-state index contributed by atoms with van der Waals surface area (Å²) in [6, 6.07) is 51.1. The highest BCUT2D eigenvalue weighted by molar-refractivity contribution is 5.96. The molecule has 2 heterocycles. The van der Waals surface area contributed by atoms with Crippen molar-refractivity contribution in [2.45, 2.75) is 6.92 Å². The molecule has 0 aliphatic rings. The summed E-state index contributed by atoms with van der Waals surface area (Å²) in [6.45, 7) is 6.25. The Balaban J connectivity index is 1.17. The van der Waals surface area contributed by atoms with Gasteiger partial charge in [-0.1, -0.05) is 164 Å². The first-order valence-electron chi connectivity index (χ1n) is 17.1. The predicted octanol–water partition coefficient (Wildman–Crippen LogP) is 12.7. The molecule has 6 aromatic carbocycles. The van der Waals surface area contributed by atoms with Crippen LogP contribution in [-0.4, -0.2) is 15.0 Å². The van der Waals surface area contributed by atoms with Gasteiger partial charge in [0.1, 0.15) is 0 Å². The Labute approximate surface area is 298 Å². The monoisotopic (exact) mass is 653 g/mol. The van der Waals surface area contributed by atoms with Crippen LogP contribution in [0.1, 0.15) is 12.5 Å². The van der Waals surface area contributed by atoms with Crippen LogP contribution in [0.15, 0.2) is 189 Å². The Morgan fingerprint density at radius 1 is 0.510 bits per heavy atom. The van der Waals surface area contributed by atoms with Gasteiger partial charge in [0.2, 0.25) is 0 Å². The van der Waals surface area contributed by atoms with Gasteiger partial charge in [-0.2, -0.15) is 0 Å². The Bertz CT molecular complexity index is 2570. The van der Waals surface area contributed by atoms with E-state index in [2.05, 4.69) is 151 Å². The van der Waals surface area contributed by atoms with Crippen LogP contribution in [0.5, 0.6) is 0 Å². The number of rotatable bonds is 8. The van der Waals surface area contributed by atoms with Gasteiger partial charge in [0.05, 0.1) is 11.4 Å². The molecule has 8 rings (SSSR count). The molecule has 8 aromatic rings. The molecule has 0 aliphatic heterocycles. The normalized spacial score (nSPS) is 11.5. The van der Waals surface area contributed by atoms with Crippen molar-refractivity contribution in [2.75, 3.05) is 0 Å². The van der Waals surface area contributed by atoms with Gasteiger partial charge in [-0.15, -0.1) is 0 Å². The Hall–Kier alpha value is -6.71. The minimum atomic E-state index is 0.678. The minimum Gasteiger partial charge on any atom is -0.263 e. The first kappa shape index (κ1) is 31.6. The van der Waals surface area contributed by atoms with Crippen LogP contribution >= 0.6 is 0 Å². The molecule has 51 heavy (non-hydrogen) atoms. The quantitative estimate of drug-likeness (QED) is 0.153. The molecular formula is C48H35N3. The van der Waals surface area contributed by atoms with Crippen molar-refractivity contribution in [1.82, 2.24) is 15.0 Å². The van der Waals surface area contributed by atoms with Gasteiger partial charge in [0.25, 0.3) is 0 Å². The van der Waals surface area contributed by atoms with Crippen molar-refractivity contribution in [3.05, 3.63) is 194 Å². The standard InChI is InChI=1S/C48H35N3/c1-3-4-5-10-33(2)34-15-22-38(23-16-34)46-30-47(39-24-20-37(21-25-39)45-32-49-31-43-13-8-9-14-44(43)45)51-48(50-46)40-26-17-36(18-27-40)42-28-19-35-11-6-7-12-41(35)29-42/h3-32H,2H2,1H3/b4-3-,10-5-. The highest BCUT2D eigenvalue weighted by Gasteiger charge is 2.13. The van der Waals surface area contributed by atoms with Crippen molar-refractivity contribution in [3.8, 4) is 56.2 Å². The van der Waals surface area contributed by atoms with E-state index in [0.29, 0.717) is 5.82 Å². The SMILES string of the molecule is C=C(/C=C\C=C/C)c1ccc(-c2cc(-c3ccc(-c4cncc5ccccc45)cc3)nc(-c3ccc(-c4ccc5ccccc5c4)cc3)n2)cc1. The summed E-state index contributed by atoms with van der Waals surface area (Å²) in [4.78, 5) is 14.7. The third-order valence-electron chi connectivity index (χ3n) is 9.26. The summed E-state index contributed by atoms with van der Waals surface area (Å²) < 4.78 is 0. The van der Waals surface area contributed by atoms with Gasteiger partial charge < -0.3 is 0 Å². The fourth-order valence-electron chi connectivity index (χ4n) is 6.45. The van der Waals surface area contributed by atoms with E-state index in [-0.39, 0.29) is 0 Å². The molecule has 0 N–H and O–H groups in total. The van der Waals surface area contributed by atoms with Gasteiger partial charge in [0.15, 0.2) is 5.82 Å². The molecule has 0 saturated carbocycles. The lowest BCUT2D eigenvalue weighted by molar-refractivity contribution is 1.18. The largest absolute Gasteiger partial charge is 0.263 e. The first-order valence-corrected chi connectivity index (χ1v) is 17.1. The van der Waals surface area contributed by atoms with Crippen LogP contribution in [-0.2, 0) is 0 Å². The highest BCUT2D eigenvalue weighted by atomic mass is 14.9. The van der Waals surface area contributed by atoms with Crippen LogP contribution in [0.4, 0.5) is 0 Å². The van der Waals surface area contributed by atoms with Crippen LogP contribution in [0, 0.1) is 0 Å². The molecule has 0 unspecified atom stereocenters. The summed E-state index contributed by atoms with van der Waals surface area (Å²) in [5, 5.41) is 4.77. The smallest absolute Gasteiger partial charge is 0.160 e. The third-order valence-corrected chi connectivity index (χ3v) is 9.26. The van der Waals surface area contributed by atoms with Crippen LogP contribution in [0.25, 0.3) is 83.3 Å². The van der Waals surface area contributed by atoms with E-state index in [4.69, 9.17) is 9.97 Å². The van der Waals surface area contributed by atoms with Crippen molar-refractivity contribution in [2.24, 2.45) is 0 Å². The van der Waals surface area contributed by atoms with E-state index < -0.39 is 0 Å². The Morgan fingerprint density at radius 2 is 1.10 bits per heavy atom. The lowest BCUT2D eigenvalue weighted by Gasteiger charge is -2.12. The molecule has 0 radical (unpaired) electrons. The van der Waals surface area contributed by atoms with Gasteiger partial charge >= 0.3 is 0 Å². The Morgan fingerprint density at radius 3 is 1.82 bits per heavy atom. The number of allylic oxidation sites excluding steroid dienone is 5. The molecular weight excluding hydrogens is 619 g/mol. The van der Waals surface area contributed by atoms with Gasteiger partial charge in [-0.3, -0.25) is 4.98 Å². The molecule has 242 valence electrons. The molecule has 0 saturated heterocycles. The van der Waals surface area contributed by atoms with E-state index in [0.717, 1.165) is 61.3 Å². The van der Waals surface area contributed by atoms with E-state index in [1.807, 2.05) is 49.7 Å². The molecule has 2 aromatic heterocycles. The lowest BCUT2D eigenvalue weighted by atomic mass is 9.98. The summed E-state index contributed by atoms with van der Waals surface area (Å²) >= 11 is 0. The summed E-state index contributed by atoms with van der Waals surface area (Å²) in [5.41, 5.74) is 11.3. The van der Waals surface area contributed by atoms with E-state index in [9.17, 15) is 0 Å². The first-order chi connectivity index (χ1) is 25.1. The molecule has 0 fully saturated rings. The zero-order valence-electron chi connectivity index (χ0n) is 28.4. The van der Waals surface area contributed by atoms with Crippen molar-refractivity contribution in [3.63, 3.8) is 0 Å².